The number of fused-ring (bicyclic) bond motifs is 1. The lowest BCUT2D eigenvalue weighted by Gasteiger charge is -2.19. The van der Waals surface area contributed by atoms with E-state index in [2.05, 4.69) is 21.2 Å². The van der Waals surface area contributed by atoms with Crippen molar-refractivity contribution in [3.05, 3.63) is 29.1 Å². The average Bonchev–Trinajstić information content (AvgIpc) is 2.27. The number of carbonyl (C=O) groups excluding carboxylic acids is 1. The molecule has 0 aromatic heterocycles. The number of rotatable bonds is 2. The van der Waals surface area contributed by atoms with Gasteiger partial charge in [0.15, 0.2) is 0 Å². The number of hydrogen-bond donors (Lipinski definition) is 1. The highest BCUT2D eigenvalue weighted by molar-refractivity contribution is 9.09. The van der Waals surface area contributed by atoms with Gasteiger partial charge >= 0.3 is 0 Å². The second kappa shape index (κ2) is 4.53. The van der Waals surface area contributed by atoms with Gasteiger partial charge in [-0.25, -0.2) is 4.39 Å². The number of benzene rings is 1. The van der Waals surface area contributed by atoms with Crippen molar-refractivity contribution in [2.75, 3.05) is 5.32 Å². The van der Waals surface area contributed by atoms with Crippen LogP contribution >= 0.6 is 15.9 Å². The Labute approximate surface area is 102 Å². The summed E-state index contributed by atoms with van der Waals surface area (Å²) in [5, 5.41) is 2.69. The monoisotopic (exact) mass is 285 g/mol. The summed E-state index contributed by atoms with van der Waals surface area (Å²) < 4.78 is 13.8. The van der Waals surface area contributed by atoms with Gasteiger partial charge in [0.05, 0.1) is 0 Å². The van der Waals surface area contributed by atoms with Crippen LogP contribution in [0.4, 0.5) is 10.1 Å². The van der Waals surface area contributed by atoms with Gasteiger partial charge in [-0.3, -0.25) is 4.79 Å². The summed E-state index contributed by atoms with van der Waals surface area (Å²) in [5.74, 6) is -0.296. The van der Waals surface area contributed by atoms with Crippen molar-refractivity contribution in [1.29, 1.82) is 0 Å². The normalized spacial score (nSPS) is 16.6. The molecule has 0 spiro atoms. The Balaban J connectivity index is 2.41. The van der Waals surface area contributed by atoms with Gasteiger partial charge in [0.2, 0.25) is 5.91 Å². The number of carbonyl (C=O) groups is 1. The highest BCUT2D eigenvalue weighted by Crippen LogP contribution is 2.33. The van der Waals surface area contributed by atoms with Crippen LogP contribution in [0, 0.1) is 5.82 Å². The highest BCUT2D eigenvalue weighted by Gasteiger charge is 2.19. The maximum absolute atomic E-state index is 13.8. The van der Waals surface area contributed by atoms with E-state index in [4.69, 9.17) is 0 Å². The highest BCUT2D eigenvalue weighted by atomic mass is 79.9. The second-order valence-corrected chi connectivity index (χ2v) is 5.06. The molecule has 0 saturated heterocycles. The zero-order valence-electron chi connectivity index (χ0n) is 9.02. The number of aryl methyl sites for hydroxylation is 1. The largest absolute Gasteiger partial charge is 0.326 e. The molecule has 1 amide bonds. The van der Waals surface area contributed by atoms with Crippen LogP contribution < -0.4 is 5.32 Å². The molecular formula is C12H13BrFNO. The van der Waals surface area contributed by atoms with Crippen LogP contribution in [0.3, 0.4) is 0 Å². The summed E-state index contributed by atoms with van der Waals surface area (Å²) in [4.78, 5) is 11.2. The zero-order valence-corrected chi connectivity index (χ0v) is 10.6. The third-order valence-corrected chi connectivity index (χ3v) is 3.95. The third-order valence-electron chi connectivity index (χ3n) is 2.81. The van der Waals surface area contributed by atoms with E-state index < -0.39 is 0 Å². The summed E-state index contributed by atoms with van der Waals surface area (Å²) in [5.41, 5.74) is 2.32. The SMILES string of the molecule is CCC(Br)c1cc2c(cc1F)NC(=O)CC2. The van der Waals surface area contributed by atoms with Crippen molar-refractivity contribution in [3.63, 3.8) is 0 Å². The molecular weight excluding hydrogens is 273 g/mol. The van der Waals surface area contributed by atoms with Crippen LogP contribution in [0.25, 0.3) is 0 Å². The van der Waals surface area contributed by atoms with E-state index in [9.17, 15) is 9.18 Å². The third kappa shape index (κ3) is 2.12. The number of amides is 1. The lowest BCUT2D eigenvalue weighted by molar-refractivity contribution is -0.116. The number of hydrogen-bond acceptors (Lipinski definition) is 1. The summed E-state index contributed by atoms with van der Waals surface area (Å²) in [7, 11) is 0. The number of halogens is 2. The van der Waals surface area contributed by atoms with E-state index in [1.807, 2.05) is 13.0 Å². The minimum atomic E-state index is -0.260. The summed E-state index contributed by atoms with van der Waals surface area (Å²) in [6, 6.07) is 3.28. The van der Waals surface area contributed by atoms with E-state index in [0.29, 0.717) is 24.1 Å². The molecule has 2 nitrogen and oxygen atoms in total. The first kappa shape index (κ1) is 11.6. The van der Waals surface area contributed by atoms with Crippen molar-refractivity contribution in [1.82, 2.24) is 0 Å². The van der Waals surface area contributed by atoms with Crippen LogP contribution in [0.2, 0.25) is 0 Å². The molecule has 1 heterocycles. The van der Waals surface area contributed by atoms with Gasteiger partial charge in [-0.15, -0.1) is 0 Å². The Hall–Kier alpha value is -0.900. The molecule has 86 valence electrons. The second-order valence-electron chi connectivity index (χ2n) is 3.95. The molecule has 0 saturated carbocycles. The molecule has 1 aromatic carbocycles. The van der Waals surface area contributed by atoms with E-state index >= 15 is 0 Å². The molecule has 1 aliphatic heterocycles. The molecule has 16 heavy (non-hydrogen) atoms. The minimum absolute atomic E-state index is 0.0365. The first-order valence-corrected chi connectivity index (χ1v) is 6.29. The van der Waals surface area contributed by atoms with Crippen LogP contribution in [-0.4, -0.2) is 5.91 Å². The Morgan fingerprint density at radius 2 is 2.25 bits per heavy atom. The average molecular weight is 286 g/mol. The predicted molar refractivity (Wildman–Crippen MR) is 65.3 cm³/mol. The molecule has 4 heteroatoms. The molecule has 0 fully saturated rings. The van der Waals surface area contributed by atoms with Gasteiger partial charge in [0.1, 0.15) is 5.82 Å². The maximum Gasteiger partial charge on any atom is 0.224 e. The topological polar surface area (TPSA) is 29.1 Å². The van der Waals surface area contributed by atoms with Gasteiger partial charge < -0.3 is 5.32 Å². The quantitative estimate of drug-likeness (QED) is 0.827. The Bertz CT molecular complexity index is 433. The van der Waals surface area contributed by atoms with Gasteiger partial charge in [0.25, 0.3) is 0 Å². The molecule has 1 atom stereocenters. The zero-order chi connectivity index (χ0) is 11.7. The summed E-state index contributed by atoms with van der Waals surface area (Å²) in [6.07, 6.45) is 2.01. The van der Waals surface area contributed by atoms with E-state index in [-0.39, 0.29) is 16.6 Å². The lowest BCUT2D eigenvalue weighted by Crippen LogP contribution is -2.19. The van der Waals surface area contributed by atoms with Crippen molar-refractivity contribution in [3.8, 4) is 0 Å². The van der Waals surface area contributed by atoms with Crippen LogP contribution in [0.5, 0.6) is 0 Å². The van der Waals surface area contributed by atoms with Crippen molar-refractivity contribution >= 4 is 27.5 Å². The fraction of sp³-hybridized carbons (Fsp3) is 0.417. The number of alkyl halides is 1. The molecule has 1 aliphatic rings. The lowest BCUT2D eigenvalue weighted by atomic mass is 9.98. The molecule has 1 N–H and O–H groups in total. The molecule has 1 aromatic rings. The van der Waals surface area contributed by atoms with E-state index in [1.165, 1.54) is 6.07 Å². The van der Waals surface area contributed by atoms with Crippen molar-refractivity contribution in [2.45, 2.75) is 31.0 Å². The van der Waals surface area contributed by atoms with Crippen LogP contribution in [0.15, 0.2) is 12.1 Å². The first-order valence-electron chi connectivity index (χ1n) is 5.38. The Morgan fingerprint density at radius 3 is 2.94 bits per heavy atom. The molecule has 0 radical (unpaired) electrons. The standard InChI is InChI=1S/C12H13BrFNO/c1-2-9(13)8-5-7-3-4-12(16)15-11(7)6-10(8)14/h5-6,9H,2-4H2,1H3,(H,15,16). The fourth-order valence-corrected chi connectivity index (χ4v) is 2.23. The molecule has 0 aliphatic carbocycles. The minimum Gasteiger partial charge on any atom is -0.326 e. The van der Waals surface area contributed by atoms with E-state index in [1.54, 1.807) is 0 Å². The summed E-state index contributed by atoms with van der Waals surface area (Å²) in [6.45, 7) is 2.00. The number of nitrogens with one attached hydrogen (secondary N) is 1. The maximum atomic E-state index is 13.8. The predicted octanol–water partition coefficient (Wildman–Crippen LogP) is 3.56. The van der Waals surface area contributed by atoms with Gasteiger partial charge in [0, 0.05) is 22.5 Å². The molecule has 2 rings (SSSR count). The Morgan fingerprint density at radius 1 is 1.50 bits per heavy atom. The van der Waals surface area contributed by atoms with Crippen molar-refractivity contribution in [2.24, 2.45) is 0 Å². The van der Waals surface area contributed by atoms with Crippen LogP contribution in [-0.2, 0) is 11.2 Å². The van der Waals surface area contributed by atoms with Gasteiger partial charge in [-0.05, 0) is 30.5 Å². The smallest absolute Gasteiger partial charge is 0.224 e. The molecule has 0 bridgehead atoms. The van der Waals surface area contributed by atoms with E-state index in [0.717, 1.165) is 12.0 Å². The first-order chi connectivity index (χ1) is 7.61. The van der Waals surface area contributed by atoms with Gasteiger partial charge in [-0.2, -0.15) is 0 Å². The Kier molecular flexibility index (Phi) is 3.28. The van der Waals surface area contributed by atoms with Gasteiger partial charge in [-0.1, -0.05) is 22.9 Å². The number of anilines is 1. The van der Waals surface area contributed by atoms with Crippen molar-refractivity contribution < 1.29 is 9.18 Å². The fourth-order valence-electron chi connectivity index (χ4n) is 1.88. The van der Waals surface area contributed by atoms with Crippen LogP contribution in [0.1, 0.15) is 35.7 Å². The molecule has 1 unspecified atom stereocenters. The summed E-state index contributed by atoms with van der Waals surface area (Å²) >= 11 is 3.45.